The van der Waals surface area contributed by atoms with Crippen LogP contribution in [-0.2, 0) is 23.9 Å². The fourth-order valence-electron chi connectivity index (χ4n) is 4.99. The number of esters is 2. The van der Waals surface area contributed by atoms with Crippen molar-refractivity contribution in [1.82, 2.24) is 0 Å². The van der Waals surface area contributed by atoms with Gasteiger partial charge in [0.2, 0.25) is 0 Å². The van der Waals surface area contributed by atoms with Crippen molar-refractivity contribution in [2.45, 2.75) is 64.9 Å². The second kappa shape index (κ2) is 10.5. The molecule has 1 aromatic rings. The summed E-state index contributed by atoms with van der Waals surface area (Å²) in [6, 6.07) is 5.17. The van der Waals surface area contributed by atoms with Crippen LogP contribution < -0.4 is 9.47 Å². The van der Waals surface area contributed by atoms with Crippen LogP contribution >= 0.6 is 0 Å². The number of Topliss-reactive ketones (excluding diaryl/α,β-unsaturated/α-hetero) is 1. The van der Waals surface area contributed by atoms with Gasteiger partial charge in [0.1, 0.15) is 12.4 Å². The van der Waals surface area contributed by atoms with Crippen molar-refractivity contribution in [3.8, 4) is 11.5 Å². The van der Waals surface area contributed by atoms with Gasteiger partial charge in [-0.25, -0.2) is 4.79 Å². The Morgan fingerprint density at radius 3 is 2.68 bits per heavy atom. The van der Waals surface area contributed by atoms with Crippen molar-refractivity contribution in [1.29, 1.82) is 0 Å². The number of allylic oxidation sites excluding steroid dienone is 1. The van der Waals surface area contributed by atoms with Crippen molar-refractivity contribution in [2.24, 2.45) is 10.9 Å². The molecule has 0 aromatic heterocycles. The number of aliphatic imine (C=N–C) groups is 1. The van der Waals surface area contributed by atoms with Crippen LogP contribution in [0.2, 0.25) is 0 Å². The third kappa shape index (κ3) is 5.06. The SMILES string of the molecule is CCOc1cc([C@H]2C(C(=O)OC[C@H]3CCCO3)=C(C)N=C3CCCC(=O)C32)ccc1OC(C)=O. The first kappa shape index (κ1) is 24.1. The summed E-state index contributed by atoms with van der Waals surface area (Å²) in [6.45, 7) is 6.15. The molecule has 2 heterocycles. The number of rotatable bonds is 7. The maximum atomic E-state index is 13.3. The maximum absolute atomic E-state index is 13.3. The normalized spacial score (nSPS) is 24.4. The van der Waals surface area contributed by atoms with Gasteiger partial charge in [-0.1, -0.05) is 6.07 Å². The number of ketones is 1. The molecule has 8 heteroatoms. The van der Waals surface area contributed by atoms with Gasteiger partial charge >= 0.3 is 11.9 Å². The van der Waals surface area contributed by atoms with Crippen molar-refractivity contribution < 1.29 is 33.3 Å². The number of benzene rings is 1. The molecule has 8 nitrogen and oxygen atoms in total. The third-order valence-electron chi connectivity index (χ3n) is 6.43. The number of nitrogens with zero attached hydrogens (tertiary/aromatic N) is 1. The molecular weight excluding hydrogens is 438 g/mol. The standard InChI is InChI=1S/C26H31NO7/c1-4-31-22-13-17(10-11-21(22)34-16(3)28)24-23(26(30)33-14-18-7-6-12-32-18)15(2)27-19-8-5-9-20(29)25(19)24/h10-11,13,18,24-25H,4-9,12,14H2,1-3H3/t18-,24+,25?/m1/s1. The third-order valence-corrected chi connectivity index (χ3v) is 6.43. The summed E-state index contributed by atoms with van der Waals surface area (Å²) in [5.74, 6) is -1.29. The molecule has 0 bridgehead atoms. The summed E-state index contributed by atoms with van der Waals surface area (Å²) in [7, 11) is 0. The highest BCUT2D eigenvalue weighted by molar-refractivity contribution is 6.11. The summed E-state index contributed by atoms with van der Waals surface area (Å²) >= 11 is 0. The van der Waals surface area contributed by atoms with Crippen LogP contribution in [0, 0.1) is 5.92 Å². The van der Waals surface area contributed by atoms with Gasteiger partial charge in [0.05, 0.1) is 24.2 Å². The minimum atomic E-state index is -0.553. The van der Waals surface area contributed by atoms with Gasteiger partial charge in [-0.05, 0) is 57.2 Å². The topological polar surface area (TPSA) is 100 Å². The van der Waals surface area contributed by atoms with Crippen molar-refractivity contribution in [2.75, 3.05) is 19.8 Å². The van der Waals surface area contributed by atoms with E-state index in [-0.39, 0.29) is 18.5 Å². The Kier molecular flexibility index (Phi) is 7.46. The van der Waals surface area contributed by atoms with E-state index in [0.717, 1.165) is 30.5 Å². The van der Waals surface area contributed by atoms with Crippen molar-refractivity contribution in [3.63, 3.8) is 0 Å². The molecule has 1 aromatic carbocycles. The Labute approximate surface area is 199 Å². The maximum Gasteiger partial charge on any atom is 0.336 e. The number of hydrogen-bond acceptors (Lipinski definition) is 8. The van der Waals surface area contributed by atoms with Crippen LogP contribution in [0.15, 0.2) is 34.5 Å². The van der Waals surface area contributed by atoms with Crippen LogP contribution in [0.5, 0.6) is 11.5 Å². The average molecular weight is 470 g/mol. The first-order valence-corrected chi connectivity index (χ1v) is 11.9. The summed E-state index contributed by atoms with van der Waals surface area (Å²) in [5, 5.41) is 0. The molecular formula is C26H31NO7. The quantitative estimate of drug-likeness (QED) is 0.441. The Morgan fingerprint density at radius 2 is 1.97 bits per heavy atom. The monoisotopic (exact) mass is 469 g/mol. The first-order valence-electron chi connectivity index (χ1n) is 11.9. The number of hydrogen-bond donors (Lipinski definition) is 0. The predicted molar refractivity (Wildman–Crippen MR) is 124 cm³/mol. The van der Waals surface area contributed by atoms with E-state index in [0.29, 0.717) is 48.8 Å². The van der Waals surface area contributed by atoms with Crippen LogP contribution in [-0.4, -0.2) is 49.4 Å². The molecule has 0 spiro atoms. The van der Waals surface area contributed by atoms with E-state index < -0.39 is 23.8 Å². The molecule has 3 aliphatic rings. The van der Waals surface area contributed by atoms with E-state index in [1.54, 1.807) is 25.1 Å². The summed E-state index contributed by atoms with van der Waals surface area (Å²) in [6.07, 6.45) is 3.62. The number of carbonyl (C=O) groups is 3. The molecule has 182 valence electrons. The Hall–Kier alpha value is -3.00. The minimum absolute atomic E-state index is 0.0638. The van der Waals surface area contributed by atoms with Gasteiger partial charge < -0.3 is 18.9 Å². The minimum Gasteiger partial charge on any atom is -0.490 e. The van der Waals surface area contributed by atoms with Crippen LogP contribution in [0.3, 0.4) is 0 Å². The molecule has 34 heavy (non-hydrogen) atoms. The van der Waals surface area contributed by atoms with E-state index in [2.05, 4.69) is 4.99 Å². The van der Waals surface area contributed by atoms with Crippen molar-refractivity contribution >= 4 is 23.4 Å². The Bertz CT molecular complexity index is 1040. The smallest absolute Gasteiger partial charge is 0.336 e. The van der Waals surface area contributed by atoms with E-state index in [9.17, 15) is 14.4 Å². The lowest BCUT2D eigenvalue weighted by Gasteiger charge is -2.35. The zero-order valence-electron chi connectivity index (χ0n) is 19.9. The van der Waals surface area contributed by atoms with Gasteiger partial charge in [-0.15, -0.1) is 0 Å². The average Bonchev–Trinajstić information content (AvgIpc) is 3.31. The molecule has 1 saturated heterocycles. The molecule has 1 unspecified atom stereocenters. The zero-order chi connectivity index (χ0) is 24.2. The first-order chi connectivity index (χ1) is 16.4. The van der Waals surface area contributed by atoms with Crippen molar-refractivity contribution in [3.05, 3.63) is 35.0 Å². The highest BCUT2D eigenvalue weighted by Crippen LogP contribution is 2.45. The fraction of sp³-hybridized carbons (Fsp3) is 0.538. The van der Waals surface area contributed by atoms with E-state index in [4.69, 9.17) is 18.9 Å². The molecule has 0 N–H and O–H groups in total. The van der Waals surface area contributed by atoms with Gasteiger partial charge in [0, 0.05) is 37.3 Å². The predicted octanol–water partition coefficient (Wildman–Crippen LogP) is 3.91. The Balaban J connectivity index is 1.73. The summed E-state index contributed by atoms with van der Waals surface area (Å²) in [4.78, 5) is 42.6. The highest BCUT2D eigenvalue weighted by atomic mass is 16.6. The number of carbonyl (C=O) groups excluding carboxylic acids is 3. The lowest BCUT2D eigenvalue weighted by atomic mass is 9.69. The summed E-state index contributed by atoms with van der Waals surface area (Å²) < 4.78 is 22.3. The van der Waals surface area contributed by atoms with E-state index in [1.165, 1.54) is 6.92 Å². The number of ether oxygens (including phenoxy) is 4. The van der Waals surface area contributed by atoms with E-state index in [1.807, 2.05) is 6.92 Å². The molecule has 3 atom stereocenters. The molecule has 2 fully saturated rings. The van der Waals surface area contributed by atoms with E-state index >= 15 is 0 Å². The lowest BCUT2D eigenvalue weighted by molar-refractivity contribution is -0.142. The summed E-state index contributed by atoms with van der Waals surface area (Å²) in [5.41, 5.74) is 2.46. The molecule has 2 aliphatic heterocycles. The Morgan fingerprint density at radius 1 is 1.15 bits per heavy atom. The molecule has 0 amide bonds. The van der Waals surface area contributed by atoms with Gasteiger partial charge in [-0.3, -0.25) is 14.6 Å². The zero-order valence-corrected chi connectivity index (χ0v) is 19.9. The largest absolute Gasteiger partial charge is 0.490 e. The highest BCUT2D eigenvalue weighted by Gasteiger charge is 2.44. The molecule has 0 radical (unpaired) electrons. The lowest BCUT2D eigenvalue weighted by Crippen LogP contribution is -2.39. The molecule has 4 rings (SSSR count). The van der Waals surface area contributed by atoms with Crippen LogP contribution in [0.1, 0.15) is 64.4 Å². The van der Waals surface area contributed by atoms with Crippen LogP contribution in [0.25, 0.3) is 0 Å². The van der Waals surface area contributed by atoms with Crippen LogP contribution in [0.4, 0.5) is 0 Å². The second-order valence-electron chi connectivity index (χ2n) is 8.84. The number of fused-ring (bicyclic) bond motifs is 1. The van der Waals surface area contributed by atoms with Gasteiger partial charge in [0.25, 0.3) is 0 Å². The molecule has 1 saturated carbocycles. The second-order valence-corrected chi connectivity index (χ2v) is 8.84. The van der Waals surface area contributed by atoms with Gasteiger partial charge in [0.15, 0.2) is 11.5 Å². The van der Waals surface area contributed by atoms with Gasteiger partial charge in [-0.2, -0.15) is 0 Å². The fourth-order valence-corrected chi connectivity index (χ4v) is 4.99. The molecule has 1 aliphatic carbocycles.